The van der Waals surface area contributed by atoms with E-state index < -0.39 is 0 Å². The molecule has 22 heavy (non-hydrogen) atoms. The van der Waals surface area contributed by atoms with Gasteiger partial charge in [0.25, 0.3) is 0 Å². The summed E-state index contributed by atoms with van der Waals surface area (Å²) in [6.45, 7) is 4.09. The number of aryl methyl sites for hydroxylation is 1. The van der Waals surface area contributed by atoms with Crippen molar-refractivity contribution in [2.24, 2.45) is 5.92 Å². The smallest absolute Gasteiger partial charge is 0.222 e. The van der Waals surface area contributed by atoms with Crippen molar-refractivity contribution in [1.29, 1.82) is 0 Å². The average molecular weight is 315 g/mol. The number of pyridine rings is 1. The standard InChI is InChI=1S/C17H21N3OS/c1-13-7-10-20(11-8-13)17(21)6-5-16-19-15(12-22-16)14-4-2-3-9-18-14/h2-4,9,12-13H,5-8,10-11H2,1H3. The molecule has 0 aromatic carbocycles. The van der Waals surface area contributed by atoms with Crippen LogP contribution in [0.2, 0.25) is 0 Å². The third kappa shape index (κ3) is 3.71. The molecule has 0 spiro atoms. The monoisotopic (exact) mass is 315 g/mol. The highest BCUT2D eigenvalue weighted by atomic mass is 32.1. The van der Waals surface area contributed by atoms with E-state index in [1.54, 1.807) is 17.5 Å². The van der Waals surface area contributed by atoms with E-state index in [0.29, 0.717) is 6.42 Å². The van der Waals surface area contributed by atoms with Crippen LogP contribution in [-0.4, -0.2) is 33.9 Å². The van der Waals surface area contributed by atoms with E-state index >= 15 is 0 Å². The lowest BCUT2D eigenvalue weighted by Crippen LogP contribution is -2.37. The van der Waals surface area contributed by atoms with Crippen LogP contribution in [0.3, 0.4) is 0 Å². The second-order valence-electron chi connectivity index (χ2n) is 5.90. The highest BCUT2D eigenvalue weighted by Gasteiger charge is 2.20. The Bertz CT molecular complexity index is 618. The number of amides is 1. The lowest BCUT2D eigenvalue weighted by Gasteiger charge is -2.30. The van der Waals surface area contributed by atoms with Gasteiger partial charge in [-0.2, -0.15) is 0 Å². The summed E-state index contributed by atoms with van der Waals surface area (Å²) in [6.07, 6.45) is 5.32. The summed E-state index contributed by atoms with van der Waals surface area (Å²) in [7, 11) is 0. The van der Waals surface area contributed by atoms with Gasteiger partial charge >= 0.3 is 0 Å². The molecular formula is C17H21N3OS. The number of nitrogens with zero attached hydrogens (tertiary/aromatic N) is 3. The third-order valence-electron chi connectivity index (χ3n) is 4.17. The molecule has 1 saturated heterocycles. The van der Waals surface area contributed by atoms with Crippen LogP contribution < -0.4 is 0 Å². The Morgan fingerprint density at radius 2 is 2.14 bits per heavy atom. The molecule has 5 heteroatoms. The molecule has 2 aromatic rings. The van der Waals surface area contributed by atoms with Crippen molar-refractivity contribution in [2.45, 2.75) is 32.6 Å². The van der Waals surface area contributed by atoms with Crippen molar-refractivity contribution in [3.8, 4) is 11.4 Å². The molecule has 0 unspecified atom stereocenters. The first-order valence-corrected chi connectivity index (χ1v) is 8.74. The van der Waals surface area contributed by atoms with Gasteiger partial charge in [0, 0.05) is 37.5 Å². The van der Waals surface area contributed by atoms with Gasteiger partial charge in [-0.15, -0.1) is 11.3 Å². The van der Waals surface area contributed by atoms with Gasteiger partial charge in [0.15, 0.2) is 0 Å². The highest BCUT2D eigenvalue weighted by Crippen LogP contribution is 2.21. The normalized spacial score (nSPS) is 16.0. The molecule has 3 rings (SSSR count). The number of hydrogen-bond donors (Lipinski definition) is 0. The van der Waals surface area contributed by atoms with Crippen LogP contribution in [0, 0.1) is 5.92 Å². The van der Waals surface area contributed by atoms with Gasteiger partial charge in [-0.25, -0.2) is 4.98 Å². The SMILES string of the molecule is CC1CCN(C(=O)CCc2nc(-c3ccccn3)cs2)CC1. The zero-order valence-corrected chi connectivity index (χ0v) is 13.7. The Labute approximate surface area is 135 Å². The lowest BCUT2D eigenvalue weighted by molar-refractivity contribution is -0.132. The van der Waals surface area contributed by atoms with Crippen LogP contribution in [0.4, 0.5) is 0 Å². The first-order valence-electron chi connectivity index (χ1n) is 7.86. The van der Waals surface area contributed by atoms with Crippen molar-refractivity contribution in [2.75, 3.05) is 13.1 Å². The van der Waals surface area contributed by atoms with E-state index in [2.05, 4.69) is 16.9 Å². The van der Waals surface area contributed by atoms with Crippen molar-refractivity contribution in [3.63, 3.8) is 0 Å². The first kappa shape index (κ1) is 15.2. The number of thiazole rings is 1. The van der Waals surface area contributed by atoms with E-state index in [0.717, 1.165) is 54.7 Å². The summed E-state index contributed by atoms with van der Waals surface area (Å²) in [5, 5.41) is 3.03. The molecule has 0 atom stereocenters. The van der Waals surface area contributed by atoms with Gasteiger partial charge in [-0.3, -0.25) is 9.78 Å². The molecule has 0 saturated carbocycles. The fourth-order valence-corrected chi connectivity index (χ4v) is 3.48. The first-order chi connectivity index (χ1) is 10.7. The van der Waals surface area contributed by atoms with Crippen LogP contribution in [0.5, 0.6) is 0 Å². The second kappa shape index (κ2) is 7.01. The van der Waals surface area contributed by atoms with Gasteiger partial charge in [0.2, 0.25) is 5.91 Å². The molecule has 0 N–H and O–H groups in total. The zero-order chi connectivity index (χ0) is 15.4. The zero-order valence-electron chi connectivity index (χ0n) is 12.9. The molecule has 1 aliphatic rings. The minimum absolute atomic E-state index is 0.265. The second-order valence-corrected chi connectivity index (χ2v) is 6.85. The Balaban J connectivity index is 1.54. The molecule has 3 heterocycles. The predicted molar refractivity (Wildman–Crippen MR) is 88.6 cm³/mol. The maximum atomic E-state index is 12.2. The van der Waals surface area contributed by atoms with Gasteiger partial charge in [0.1, 0.15) is 0 Å². The van der Waals surface area contributed by atoms with Gasteiger partial charge < -0.3 is 4.90 Å². The van der Waals surface area contributed by atoms with Gasteiger partial charge in [0.05, 0.1) is 16.4 Å². The maximum Gasteiger partial charge on any atom is 0.222 e. The molecule has 0 bridgehead atoms. The predicted octanol–water partition coefficient (Wildman–Crippen LogP) is 3.40. The number of aromatic nitrogens is 2. The van der Waals surface area contributed by atoms with Gasteiger partial charge in [-0.05, 0) is 30.9 Å². The Morgan fingerprint density at radius 1 is 1.32 bits per heavy atom. The fourth-order valence-electron chi connectivity index (χ4n) is 2.69. The molecule has 1 fully saturated rings. The number of carbonyl (C=O) groups excluding carboxylic acids is 1. The van der Waals surface area contributed by atoms with E-state index in [9.17, 15) is 4.79 Å². The number of likely N-dealkylation sites (tertiary alicyclic amines) is 1. The number of hydrogen-bond acceptors (Lipinski definition) is 4. The third-order valence-corrected chi connectivity index (χ3v) is 5.08. The van der Waals surface area contributed by atoms with Crippen LogP contribution in [0.15, 0.2) is 29.8 Å². The molecule has 116 valence electrons. The van der Waals surface area contributed by atoms with E-state index in [4.69, 9.17) is 0 Å². The molecular weight excluding hydrogens is 294 g/mol. The molecule has 0 radical (unpaired) electrons. The number of carbonyl (C=O) groups is 1. The Morgan fingerprint density at radius 3 is 2.86 bits per heavy atom. The van der Waals surface area contributed by atoms with Crippen LogP contribution in [0.1, 0.15) is 31.2 Å². The summed E-state index contributed by atoms with van der Waals surface area (Å²) in [5.41, 5.74) is 1.79. The average Bonchev–Trinajstić information content (AvgIpc) is 3.03. The molecule has 0 aliphatic carbocycles. The van der Waals surface area contributed by atoms with Crippen molar-refractivity contribution in [3.05, 3.63) is 34.8 Å². The molecule has 4 nitrogen and oxygen atoms in total. The largest absolute Gasteiger partial charge is 0.343 e. The lowest BCUT2D eigenvalue weighted by atomic mass is 9.99. The summed E-state index contributed by atoms with van der Waals surface area (Å²) in [6, 6.07) is 5.82. The minimum Gasteiger partial charge on any atom is -0.343 e. The molecule has 2 aromatic heterocycles. The van der Waals surface area contributed by atoms with Crippen LogP contribution in [-0.2, 0) is 11.2 Å². The molecule has 1 aliphatic heterocycles. The quantitative estimate of drug-likeness (QED) is 0.869. The maximum absolute atomic E-state index is 12.2. The minimum atomic E-state index is 0.265. The van der Waals surface area contributed by atoms with Crippen LogP contribution >= 0.6 is 11.3 Å². The summed E-state index contributed by atoms with van der Waals surface area (Å²) in [5.74, 6) is 1.02. The summed E-state index contributed by atoms with van der Waals surface area (Å²) >= 11 is 1.61. The topological polar surface area (TPSA) is 46.1 Å². The molecule has 1 amide bonds. The number of piperidine rings is 1. The fraction of sp³-hybridized carbons (Fsp3) is 0.471. The van der Waals surface area contributed by atoms with Crippen molar-refractivity contribution >= 4 is 17.2 Å². The highest BCUT2D eigenvalue weighted by molar-refractivity contribution is 7.09. The van der Waals surface area contributed by atoms with Crippen LogP contribution in [0.25, 0.3) is 11.4 Å². The van der Waals surface area contributed by atoms with Crippen molar-refractivity contribution in [1.82, 2.24) is 14.9 Å². The van der Waals surface area contributed by atoms with Gasteiger partial charge in [-0.1, -0.05) is 13.0 Å². The Kier molecular flexibility index (Phi) is 4.83. The summed E-state index contributed by atoms with van der Waals surface area (Å²) in [4.78, 5) is 23.2. The van der Waals surface area contributed by atoms with E-state index in [-0.39, 0.29) is 5.91 Å². The van der Waals surface area contributed by atoms with Crippen molar-refractivity contribution < 1.29 is 4.79 Å². The van der Waals surface area contributed by atoms with E-state index in [1.165, 1.54) is 0 Å². The summed E-state index contributed by atoms with van der Waals surface area (Å²) < 4.78 is 0. The van der Waals surface area contributed by atoms with E-state index in [1.807, 2.05) is 28.5 Å². The number of rotatable bonds is 4. The Hall–Kier alpha value is -1.75.